The van der Waals surface area contributed by atoms with Gasteiger partial charge in [-0.25, -0.2) is 13.2 Å². The van der Waals surface area contributed by atoms with Crippen LogP contribution in [0.25, 0.3) is 25.7 Å². The second-order valence-electron chi connectivity index (χ2n) is 5.62. The standard InChI is InChI=1S/C18H13F3S/c19-14-9-8-13-12-7-6-11(10-4-2-1-3-5-10)15(20)17(12)22-18(13)16(14)21/h4,6-9H,1-3,5H2. The first-order valence-electron chi connectivity index (χ1n) is 7.35. The maximum atomic E-state index is 14.9. The molecule has 3 aromatic rings. The number of allylic oxidation sites excluding steroid dienone is 2. The fourth-order valence-corrected chi connectivity index (χ4v) is 4.31. The summed E-state index contributed by atoms with van der Waals surface area (Å²) in [5.74, 6) is -2.10. The van der Waals surface area contributed by atoms with Crippen molar-refractivity contribution < 1.29 is 13.2 Å². The molecule has 0 bridgehead atoms. The fraction of sp³-hybridized carbons (Fsp3) is 0.222. The molecule has 4 heteroatoms. The summed E-state index contributed by atoms with van der Waals surface area (Å²) in [4.78, 5) is 0. The van der Waals surface area contributed by atoms with E-state index < -0.39 is 11.6 Å². The lowest BCUT2D eigenvalue weighted by Gasteiger charge is -2.13. The Balaban J connectivity index is 2.01. The van der Waals surface area contributed by atoms with Crippen molar-refractivity contribution in [2.75, 3.05) is 0 Å². The predicted octanol–water partition coefficient (Wildman–Crippen LogP) is 6.43. The lowest BCUT2D eigenvalue weighted by Crippen LogP contribution is -1.95. The number of hydrogen-bond donors (Lipinski definition) is 0. The van der Waals surface area contributed by atoms with Crippen molar-refractivity contribution >= 4 is 37.1 Å². The van der Waals surface area contributed by atoms with E-state index in [0.717, 1.165) is 48.7 Å². The van der Waals surface area contributed by atoms with E-state index in [-0.39, 0.29) is 10.5 Å². The van der Waals surface area contributed by atoms with Gasteiger partial charge in [-0.3, -0.25) is 0 Å². The Morgan fingerprint density at radius 2 is 1.55 bits per heavy atom. The highest BCUT2D eigenvalue weighted by molar-refractivity contribution is 7.25. The molecule has 4 rings (SSSR count). The van der Waals surface area contributed by atoms with Crippen LogP contribution in [-0.4, -0.2) is 0 Å². The fourth-order valence-electron chi connectivity index (χ4n) is 3.14. The van der Waals surface area contributed by atoms with E-state index in [2.05, 4.69) is 6.08 Å². The van der Waals surface area contributed by atoms with Gasteiger partial charge in [0.1, 0.15) is 5.82 Å². The molecule has 22 heavy (non-hydrogen) atoms. The number of thiophene rings is 1. The van der Waals surface area contributed by atoms with Gasteiger partial charge in [0.15, 0.2) is 11.6 Å². The average molecular weight is 318 g/mol. The first kappa shape index (κ1) is 13.8. The Labute approximate surface area is 129 Å². The Bertz CT molecular complexity index is 921. The summed E-state index contributed by atoms with van der Waals surface area (Å²) in [6.07, 6.45) is 6.13. The van der Waals surface area contributed by atoms with Crippen LogP contribution >= 0.6 is 11.3 Å². The minimum atomic E-state index is -0.894. The van der Waals surface area contributed by atoms with Gasteiger partial charge in [0, 0.05) is 16.3 Å². The summed E-state index contributed by atoms with van der Waals surface area (Å²) in [6.45, 7) is 0. The van der Waals surface area contributed by atoms with Crippen LogP contribution < -0.4 is 0 Å². The minimum Gasteiger partial charge on any atom is -0.205 e. The summed E-state index contributed by atoms with van der Waals surface area (Å²) in [7, 11) is 0. The van der Waals surface area contributed by atoms with Crippen molar-refractivity contribution in [3.05, 3.63) is 53.4 Å². The van der Waals surface area contributed by atoms with E-state index >= 15 is 0 Å². The van der Waals surface area contributed by atoms with Crippen LogP contribution in [-0.2, 0) is 0 Å². The van der Waals surface area contributed by atoms with Crippen LogP contribution in [0.5, 0.6) is 0 Å². The van der Waals surface area contributed by atoms with Gasteiger partial charge in [0.05, 0.1) is 9.40 Å². The number of benzene rings is 2. The quantitative estimate of drug-likeness (QED) is 0.485. The van der Waals surface area contributed by atoms with Gasteiger partial charge >= 0.3 is 0 Å². The van der Waals surface area contributed by atoms with Gasteiger partial charge in [-0.2, -0.15) is 0 Å². The van der Waals surface area contributed by atoms with Gasteiger partial charge in [-0.1, -0.05) is 18.2 Å². The maximum absolute atomic E-state index is 14.9. The van der Waals surface area contributed by atoms with Crippen LogP contribution in [0, 0.1) is 17.5 Å². The van der Waals surface area contributed by atoms with E-state index in [1.54, 1.807) is 6.07 Å². The van der Waals surface area contributed by atoms with Crippen LogP contribution in [0.15, 0.2) is 30.3 Å². The molecule has 0 atom stereocenters. The van der Waals surface area contributed by atoms with E-state index in [1.165, 1.54) is 6.07 Å². The van der Waals surface area contributed by atoms with Gasteiger partial charge < -0.3 is 0 Å². The molecule has 112 valence electrons. The maximum Gasteiger partial charge on any atom is 0.176 e. The molecular weight excluding hydrogens is 305 g/mol. The van der Waals surface area contributed by atoms with E-state index in [9.17, 15) is 13.2 Å². The third-order valence-electron chi connectivity index (χ3n) is 4.28. The lowest BCUT2D eigenvalue weighted by molar-refractivity contribution is 0.518. The van der Waals surface area contributed by atoms with Crippen LogP contribution in [0.2, 0.25) is 0 Å². The van der Waals surface area contributed by atoms with Crippen LogP contribution in [0.4, 0.5) is 13.2 Å². The molecule has 0 saturated heterocycles. The molecular formula is C18H13F3S. The predicted molar refractivity (Wildman–Crippen MR) is 85.7 cm³/mol. The number of fused-ring (bicyclic) bond motifs is 3. The normalized spacial score (nSPS) is 15.5. The third-order valence-corrected chi connectivity index (χ3v) is 5.48. The molecule has 1 aliphatic carbocycles. The second kappa shape index (κ2) is 5.13. The highest BCUT2D eigenvalue weighted by atomic mass is 32.1. The van der Waals surface area contributed by atoms with Crippen LogP contribution in [0.1, 0.15) is 31.2 Å². The first-order chi connectivity index (χ1) is 10.7. The Kier molecular flexibility index (Phi) is 3.22. The van der Waals surface area contributed by atoms with Crippen molar-refractivity contribution in [1.82, 2.24) is 0 Å². The van der Waals surface area contributed by atoms with Gasteiger partial charge in [0.2, 0.25) is 0 Å². The van der Waals surface area contributed by atoms with E-state index in [0.29, 0.717) is 21.0 Å². The zero-order chi connectivity index (χ0) is 15.3. The van der Waals surface area contributed by atoms with Gasteiger partial charge in [-0.05, 0) is 43.4 Å². The molecule has 0 N–H and O–H groups in total. The molecule has 0 radical (unpaired) electrons. The van der Waals surface area contributed by atoms with E-state index in [1.807, 2.05) is 6.07 Å². The van der Waals surface area contributed by atoms with Gasteiger partial charge in [0.25, 0.3) is 0 Å². The molecule has 0 nitrogen and oxygen atoms in total. The summed E-state index contributed by atoms with van der Waals surface area (Å²) in [5, 5.41) is 1.22. The van der Waals surface area contributed by atoms with Crippen molar-refractivity contribution in [3.63, 3.8) is 0 Å². The minimum absolute atomic E-state index is 0.184. The summed E-state index contributed by atoms with van der Waals surface area (Å²) in [6, 6.07) is 6.20. The molecule has 0 amide bonds. The number of rotatable bonds is 1. The largest absolute Gasteiger partial charge is 0.205 e. The molecule has 0 unspecified atom stereocenters. The van der Waals surface area contributed by atoms with Crippen molar-refractivity contribution in [3.8, 4) is 0 Å². The second-order valence-corrected chi connectivity index (χ2v) is 6.64. The summed E-state index contributed by atoms with van der Waals surface area (Å²) >= 11 is 0.990. The Morgan fingerprint density at radius 3 is 2.27 bits per heavy atom. The zero-order valence-electron chi connectivity index (χ0n) is 11.8. The molecule has 0 saturated carbocycles. The zero-order valence-corrected chi connectivity index (χ0v) is 12.6. The van der Waals surface area contributed by atoms with Crippen molar-refractivity contribution in [2.45, 2.75) is 25.7 Å². The number of hydrogen-bond acceptors (Lipinski definition) is 1. The molecule has 0 spiro atoms. The van der Waals surface area contributed by atoms with Crippen molar-refractivity contribution in [1.29, 1.82) is 0 Å². The Morgan fingerprint density at radius 1 is 0.818 bits per heavy atom. The third kappa shape index (κ3) is 1.97. The summed E-state index contributed by atoms with van der Waals surface area (Å²) < 4.78 is 42.8. The lowest BCUT2D eigenvalue weighted by atomic mass is 9.93. The first-order valence-corrected chi connectivity index (χ1v) is 8.16. The smallest absolute Gasteiger partial charge is 0.176 e. The number of halogens is 3. The molecule has 0 fully saturated rings. The van der Waals surface area contributed by atoms with Gasteiger partial charge in [-0.15, -0.1) is 11.3 Å². The Hall–Kier alpha value is -1.81. The topological polar surface area (TPSA) is 0 Å². The highest BCUT2D eigenvalue weighted by Gasteiger charge is 2.19. The molecule has 1 aliphatic rings. The molecule has 2 aromatic carbocycles. The van der Waals surface area contributed by atoms with Crippen molar-refractivity contribution in [2.24, 2.45) is 0 Å². The molecule has 0 aliphatic heterocycles. The van der Waals surface area contributed by atoms with Crippen LogP contribution in [0.3, 0.4) is 0 Å². The molecule has 1 aromatic heterocycles. The summed E-state index contributed by atoms with van der Waals surface area (Å²) in [5.41, 5.74) is 1.62. The monoisotopic (exact) mass is 318 g/mol. The highest BCUT2D eigenvalue weighted by Crippen LogP contribution is 2.40. The SMILES string of the molecule is Fc1ccc2c(sc3c(F)c(C4=CCCCC4)ccc32)c1F. The average Bonchev–Trinajstić information content (AvgIpc) is 2.93. The van der Waals surface area contributed by atoms with E-state index in [4.69, 9.17) is 0 Å². The molecule has 1 heterocycles.